The molecule has 0 amide bonds. The summed E-state index contributed by atoms with van der Waals surface area (Å²) in [4.78, 5) is 7.90. The van der Waals surface area contributed by atoms with Gasteiger partial charge in [0, 0.05) is 18.9 Å². The van der Waals surface area contributed by atoms with Crippen molar-refractivity contribution in [3.63, 3.8) is 0 Å². The van der Waals surface area contributed by atoms with Crippen LogP contribution in [0.4, 0.5) is 0 Å². The monoisotopic (exact) mass is 350 g/mol. The van der Waals surface area contributed by atoms with E-state index in [9.17, 15) is 8.42 Å². The molecule has 7 nitrogen and oxygen atoms in total. The number of nitrogens with zero attached hydrogens (tertiary/aromatic N) is 4. The highest BCUT2D eigenvalue weighted by Gasteiger charge is 2.32. The Morgan fingerprint density at radius 3 is 2.96 bits per heavy atom. The van der Waals surface area contributed by atoms with Crippen molar-refractivity contribution < 1.29 is 13.2 Å². The van der Waals surface area contributed by atoms with Crippen LogP contribution < -0.4 is 4.74 Å². The van der Waals surface area contributed by atoms with Gasteiger partial charge in [0.25, 0.3) is 15.9 Å². The van der Waals surface area contributed by atoms with Gasteiger partial charge in [0.2, 0.25) is 5.69 Å². The van der Waals surface area contributed by atoms with Gasteiger partial charge in [-0.2, -0.15) is 9.57 Å². The molecule has 0 bridgehead atoms. The van der Waals surface area contributed by atoms with Gasteiger partial charge >= 0.3 is 0 Å². The Morgan fingerprint density at radius 2 is 2.22 bits per heavy atom. The number of hydrogen-bond acceptors (Lipinski definition) is 7. The second-order valence-corrected chi connectivity index (χ2v) is 8.11. The second-order valence-electron chi connectivity index (χ2n) is 5.00. The highest BCUT2D eigenvalue weighted by atomic mass is 32.2. The van der Waals surface area contributed by atoms with Crippen molar-refractivity contribution in [1.82, 2.24) is 14.3 Å². The maximum atomic E-state index is 12.6. The van der Waals surface area contributed by atoms with Gasteiger partial charge in [-0.15, -0.1) is 11.3 Å². The van der Waals surface area contributed by atoms with Crippen molar-refractivity contribution in [2.45, 2.75) is 23.2 Å². The Morgan fingerprint density at radius 1 is 1.39 bits per heavy atom. The van der Waals surface area contributed by atoms with Crippen molar-refractivity contribution in [1.29, 1.82) is 5.26 Å². The summed E-state index contributed by atoms with van der Waals surface area (Å²) in [6.07, 6.45) is 3.91. The Balaban J connectivity index is 1.75. The standard InChI is InChI=1S/C14H14N4O3S2/c15-9-12-14(17-6-5-16-12)21-11-3-1-7-18(10-11)23(19,20)13-4-2-8-22-13/h2,4-6,8,11H,1,3,7,10H2. The fourth-order valence-electron chi connectivity index (χ4n) is 2.40. The van der Waals surface area contributed by atoms with E-state index in [4.69, 9.17) is 10.00 Å². The molecule has 1 unspecified atom stereocenters. The quantitative estimate of drug-likeness (QED) is 0.832. The molecule has 120 valence electrons. The summed E-state index contributed by atoms with van der Waals surface area (Å²) >= 11 is 1.20. The summed E-state index contributed by atoms with van der Waals surface area (Å²) in [6, 6.07) is 5.23. The smallest absolute Gasteiger partial charge is 0.252 e. The van der Waals surface area contributed by atoms with Gasteiger partial charge in [0.1, 0.15) is 16.4 Å². The minimum Gasteiger partial charge on any atom is -0.471 e. The largest absolute Gasteiger partial charge is 0.471 e. The van der Waals surface area contributed by atoms with E-state index in [1.807, 2.05) is 6.07 Å². The van der Waals surface area contributed by atoms with Gasteiger partial charge in [-0.1, -0.05) is 6.07 Å². The molecule has 1 fully saturated rings. The molecule has 2 aromatic heterocycles. The lowest BCUT2D eigenvalue weighted by Crippen LogP contribution is -2.44. The van der Waals surface area contributed by atoms with Crippen LogP contribution in [0.15, 0.2) is 34.1 Å². The molecular weight excluding hydrogens is 336 g/mol. The summed E-state index contributed by atoms with van der Waals surface area (Å²) in [6.45, 7) is 0.702. The lowest BCUT2D eigenvalue weighted by Gasteiger charge is -2.31. The Labute approximate surface area is 138 Å². The molecule has 0 aliphatic carbocycles. The molecule has 1 aliphatic heterocycles. The van der Waals surface area contributed by atoms with Crippen LogP contribution in [0.5, 0.6) is 5.88 Å². The second kappa shape index (κ2) is 6.62. The van der Waals surface area contributed by atoms with Gasteiger partial charge in [0.15, 0.2) is 0 Å². The fourth-order valence-corrected chi connectivity index (χ4v) is 5.06. The van der Waals surface area contributed by atoms with Gasteiger partial charge in [0.05, 0.1) is 6.54 Å². The van der Waals surface area contributed by atoms with E-state index in [-0.39, 0.29) is 24.2 Å². The number of nitriles is 1. The normalized spacial score (nSPS) is 19.2. The summed E-state index contributed by atoms with van der Waals surface area (Å²) < 4.78 is 32.6. The van der Waals surface area contributed by atoms with E-state index in [2.05, 4.69) is 9.97 Å². The molecule has 9 heteroatoms. The Kier molecular flexibility index (Phi) is 4.56. The maximum absolute atomic E-state index is 12.6. The first-order valence-electron chi connectivity index (χ1n) is 7.02. The molecule has 1 atom stereocenters. The summed E-state index contributed by atoms with van der Waals surface area (Å²) in [5.74, 6) is 0.148. The van der Waals surface area contributed by atoms with Crippen LogP contribution in [0.1, 0.15) is 18.5 Å². The van der Waals surface area contributed by atoms with Crippen LogP contribution in [-0.2, 0) is 10.0 Å². The number of sulfonamides is 1. The zero-order valence-corrected chi connectivity index (χ0v) is 13.8. The lowest BCUT2D eigenvalue weighted by molar-refractivity contribution is 0.124. The van der Waals surface area contributed by atoms with Crippen molar-refractivity contribution in [3.8, 4) is 11.9 Å². The molecular formula is C14H14N4O3S2. The van der Waals surface area contributed by atoms with E-state index >= 15 is 0 Å². The minimum absolute atomic E-state index is 0.103. The van der Waals surface area contributed by atoms with Crippen molar-refractivity contribution in [2.75, 3.05) is 13.1 Å². The van der Waals surface area contributed by atoms with Gasteiger partial charge in [-0.25, -0.2) is 18.4 Å². The van der Waals surface area contributed by atoms with E-state index in [0.29, 0.717) is 23.6 Å². The van der Waals surface area contributed by atoms with Gasteiger partial charge in [-0.05, 0) is 24.3 Å². The Bertz CT molecular complexity index is 815. The molecule has 0 spiro atoms. The summed E-state index contributed by atoms with van der Waals surface area (Å²) in [5.41, 5.74) is 0.103. The zero-order chi connectivity index (χ0) is 16.3. The highest BCUT2D eigenvalue weighted by Crippen LogP contribution is 2.26. The van der Waals surface area contributed by atoms with Crippen LogP contribution in [-0.4, -0.2) is 41.9 Å². The third-order valence-electron chi connectivity index (χ3n) is 3.48. The van der Waals surface area contributed by atoms with E-state index < -0.39 is 10.0 Å². The average molecular weight is 350 g/mol. The van der Waals surface area contributed by atoms with Crippen LogP contribution in [0.25, 0.3) is 0 Å². The van der Waals surface area contributed by atoms with Crippen molar-refractivity contribution >= 4 is 21.4 Å². The molecule has 0 N–H and O–H groups in total. The molecule has 1 aliphatic rings. The maximum Gasteiger partial charge on any atom is 0.252 e. The van der Waals surface area contributed by atoms with Crippen LogP contribution in [0.2, 0.25) is 0 Å². The molecule has 2 aromatic rings. The van der Waals surface area contributed by atoms with Crippen LogP contribution in [0, 0.1) is 11.3 Å². The van der Waals surface area contributed by atoms with Crippen LogP contribution in [0.3, 0.4) is 0 Å². The number of piperidine rings is 1. The molecule has 1 saturated heterocycles. The van der Waals surface area contributed by atoms with Gasteiger partial charge < -0.3 is 4.74 Å². The first-order valence-corrected chi connectivity index (χ1v) is 9.34. The first-order chi connectivity index (χ1) is 11.1. The number of rotatable bonds is 4. The lowest BCUT2D eigenvalue weighted by atomic mass is 10.1. The van der Waals surface area contributed by atoms with E-state index in [0.717, 1.165) is 0 Å². The minimum atomic E-state index is -3.49. The number of thiophene rings is 1. The van der Waals surface area contributed by atoms with Gasteiger partial charge in [-0.3, -0.25) is 0 Å². The SMILES string of the molecule is N#Cc1nccnc1OC1CCCN(S(=O)(=O)c2cccs2)C1. The molecule has 0 aromatic carbocycles. The molecule has 23 heavy (non-hydrogen) atoms. The topological polar surface area (TPSA) is 96.2 Å². The molecule has 3 heterocycles. The summed E-state index contributed by atoms with van der Waals surface area (Å²) in [5, 5.41) is 10.8. The van der Waals surface area contributed by atoms with Crippen LogP contribution >= 0.6 is 11.3 Å². The first kappa shape index (κ1) is 15.9. The van der Waals surface area contributed by atoms with Crippen molar-refractivity contribution in [2.24, 2.45) is 0 Å². The van der Waals surface area contributed by atoms with E-state index in [1.165, 1.54) is 28.0 Å². The third kappa shape index (κ3) is 3.34. The predicted molar refractivity (Wildman–Crippen MR) is 83.5 cm³/mol. The zero-order valence-electron chi connectivity index (χ0n) is 12.1. The molecule has 0 saturated carbocycles. The van der Waals surface area contributed by atoms with E-state index in [1.54, 1.807) is 17.5 Å². The number of hydrogen-bond donors (Lipinski definition) is 0. The predicted octanol–water partition coefficient (Wildman–Crippen LogP) is 1.64. The number of ether oxygens (including phenoxy) is 1. The molecule has 0 radical (unpaired) electrons. The number of aromatic nitrogens is 2. The molecule has 3 rings (SSSR count). The fraction of sp³-hybridized carbons (Fsp3) is 0.357. The average Bonchev–Trinajstić information content (AvgIpc) is 3.11. The summed E-state index contributed by atoms with van der Waals surface area (Å²) in [7, 11) is -3.49. The third-order valence-corrected chi connectivity index (χ3v) is 6.72. The highest BCUT2D eigenvalue weighted by molar-refractivity contribution is 7.91. The Hall–Kier alpha value is -2.02. The van der Waals surface area contributed by atoms with Crippen molar-refractivity contribution in [3.05, 3.63) is 35.6 Å².